The zero-order chi connectivity index (χ0) is 28.6. The summed E-state index contributed by atoms with van der Waals surface area (Å²) in [6, 6.07) is 31.0. The SMILES string of the molecule is NCCC(N)C(N)(C(=O)OCC1c2ccccc2-c2ccccc21)C(=O)OCC1c2ccccc2-c2ccccc21. The molecule has 0 amide bonds. The molecular weight excluding hydrogens is 514 g/mol. The Morgan fingerprint density at radius 3 is 1.27 bits per heavy atom. The van der Waals surface area contributed by atoms with Crippen LogP contribution < -0.4 is 17.2 Å². The summed E-state index contributed by atoms with van der Waals surface area (Å²) in [7, 11) is 0. The van der Waals surface area contributed by atoms with Gasteiger partial charge in [-0.3, -0.25) is 0 Å². The largest absolute Gasteiger partial charge is 0.463 e. The Morgan fingerprint density at radius 2 is 0.951 bits per heavy atom. The Balaban J connectivity index is 1.22. The molecule has 1 unspecified atom stereocenters. The van der Waals surface area contributed by atoms with Gasteiger partial charge in [0.1, 0.15) is 13.2 Å². The molecule has 0 fully saturated rings. The molecule has 41 heavy (non-hydrogen) atoms. The highest BCUT2D eigenvalue weighted by molar-refractivity contribution is 6.06. The molecular formula is C34H33N3O4. The van der Waals surface area contributed by atoms with E-state index in [1.165, 1.54) is 0 Å². The predicted octanol–water partition coefficient (Wildman–Crippen LogP) is 4.07. The van der Waals surface area contributed by atoms with Crippen LogP contribution in [0, 0.1) is 0 Å². The van der Waals surface area contributed by atoms with E-state index in [4.69, 9.17) is 26.7 Å². The van der Waals surface area contributed by atoms with Crippen LogP contribution in [0.15, 0.2) is 97.1 Å². The van der Waals surface area contributed by atoms with Crippen molar-refractivity contribution in [2.75, 3.05) is 19.8 Å². The summed E-state index contributed by atoms with van der Waals surface area (Å²) in [5.41, 5.74) is 25.0. The number of carbonyl (C=O) groups is 2. The highest BCUT2D eigenvalue weighted by Gasteiger charge is 2.51. The van der Waals surface area contributed by atoms with Crippen molar-refractivity contribution in [3.8, 4) is 22.3 Å². The molecule has 2 aliphatic carbocycles. The van der Waals surface area contributed by atoms with Gasteiger partial charge in [0.25, 0.3) is 0 Å². The summed E-state index contributed by atoms with van der Waals surface area (Å²) in [5, 5.41) is 0. The Morgan fingerprint density at radius 1 is 0.634 bits per heavy atom. The Labute approximate surface area is 239 Å². The van der Waals surface area contributed by atoms with Crippen LogP contribution in [-0.2, 0) is 19.1 Å². The quantitative estimate of drug-likeness (QED) is 0.213. The van der Waals surface area contributed by atoms with Gasteiger partial charge in [-0.2, -0.15) is 0 Å². The smallest absolute Gasteiger partial charge is 0.339 e. The second-order valence-corrected chi connectivity index (χ2v) is 10.7. The van der Waals surface area contributed by atoms with E-state index in [0.29, 0.717) is 0 Å². The van der Waals surface area contributed by atoms with Crippen molar-refractivity contribution in [2.24, 2.45) is 17.2 Å². The van der Waals surface area contributed by atoms with Gasteiger partial charge in [0, 0.05) is 17.9 Å². The van der Waals surface area contributed by atoms with Crippen molar-refractivity contribution in [3.05, 3.63) is 119 Å². The van der Waals surface area contributed by atoms with Crippen LogP contribution in [0.3, 0.4) is 0 Å². The molecule has 6 N–H and O–H groups in total. The number of nitrogens with two attached hydrogens (primary N) is 3. The second-order valence-electron chi connectivity index (χ2n) is 10.7. The molecule has 4 aromatic rings. The van der Waals surface area contributed by atoms with Gasteiger partial charge in [0.2, 0.25) is 5.54 Å². The Kier molecular flexibility index (Phi) is 7.17. The summed E-state index contributed by atoms with van der Waals surface area (Å²) < 4.78 is 11.6. The van der Waals surface area contributed by atoms with Crippen molar-refractivity contribution in [1.29, 1.82) is 0 Å². The van der Waals surface area contributed by atoms with Crippen LogP contribution in [0.4, 0.5) is 0 Å². The summed E-state index contributed by atoms with van der Waals surface area (Å²) in [4.78, 5) is 27.3. The first-order valence-electron chi connectivity index (χ1n) is 13.9. The van der Waals surface area contributed by atoms with Gasteiger partial charge in [0.15, 0.2) is 0 Å². The number of ether oxygens (including phenoxy) is 2. The molecule has 0 saturated heterocycles. The molecule has 208 valence electrons. The van der Waals surface area contributed by atoms with Gasteiger partial charge in [-0.15, -0.1) is 0 Å². The second kappa shape index (κ2) is 10.9. The maximum Gasteiger partial charge on any atom is 0.339 e. The molecule has 0 saturated carbocycles. The number of rotatable bonds is 9. The normalized spacial score (nSPS) is 14.5. The van der Waals surface area contributed by atoms with Gasteiger partial charge in [0.05, 0.1) is 0 Å². The lowest BCUT2D eigenvalue weighted by Gasteiger charge is -2.31. The summed E-state index contributed by atoms with van der Waals surface area (Å²) in [5.74, 6) is -2.22. The van der Waals surface area contributed by atoms with E-state index in [2.05, 4.69) is 24.3 Å². The number of esters is 2. The van der Waals surface area contributed by atoms with E-state index in [1.807, 2.05) is 72.8 Å². The van der Waals surface area contributed by atoms with Gasteiger partial charge >= 0.3 is 11.9 Å². The molecule has 0 aromatic heterocycles. The van der Waals surface area contributed by atoms with Crippen LogP contribution in [0.5, 0.6) is 0 Å². The zero-order valence-corrected chi connectivity index (χ0v) is 22.7. The van der Waals surface area contributed by atoms with Gasteiger partial charge in [-0.05, 0) is 57.5 Å². The number of carbonyl (C=O) groups excluding carboxylic acids is 2. The van der Waals surface area contributed by atoms with Crippen molar-refractivity contribution < 1.29 is 19.1 Å². The standard InChI is InChI=1S/C34H33N3O4/c35-18-17-31(36)34(37,32(38)40-19-29-25-13-5-1-9-21(25)22-10-2-6-14-26(22)29)33(39)41-20-30-27-15-7-3-11-23(27)24-12-4-8-16-28(24)30/h1-16,29-31H,17-20,35-37H2. The van der Waals surface area contributed by atoms with Crippen LogP contribution in [-0.4, -0.2) is 43.3 Å². The molecule has 0 bridgehead atoms. The average molecular weight is 548 g/mol. The Hall–Kier alpha value is -4.30. The van der Waals surface area contributed by atoms with Crippen LogP contribution in [0.2, 0.25) is 0 Å². The lowest BCUT2D eigenvalue weighted by molar-refractivity contribution is -0.166. The molecule has 4 aromatic carbocycles. The maximum absolute atomic E-state index is 13.6. The number of benzene rings is 4. The first kappa shape index (κ1) is 26.9. The van der Waals surface area contributed by atoms with E-state index in [-0.39, 0.29) is 38.0 Å². The molecule has 7 heteroatoms. The topological polar surface area (TPSA) is 131 Å². The molecule has 0 heterocycles. The van der Waals surface area contributed by atoms with E-state index in [9.17, 15) is 9.59 Å². The predicted molar refractivity (Wildman–Crippen MR) is 158 cm³/mol. The monoisotopic (exact) mass is 547 g/mol. The number of fused-ring (bicyclic) bond motifs is 6. The van der Waals surface area contributed by atoms with Gasteiger partial charge < -0.3 is 26.7 Å². The lowest BCUT2D eigenvalue weighted by Crippen LogP contribution is -2.67. The first-order valence-corrected chi connectivity index (χ1v) is 13.9. The third-order valence-corrected chi connectivity index (χ3v) is 8.43. The minimum absolute atomic E-state index is 0.0117. The van der Waals surface area contributed by atoms with Gasteiger partial charge in [-0.25, -0.2) is 9.59 Å². The van der Waals surface area contributed by atoms with Crippen LogP contribution in [0.25, 0.3) is 22.3 Å². The average Bonchev–Trinajstić information content (AvgIpc) is 3.51. The highest BCUT2D eigenvalue weighted by Crippen LogP contribution is 2.46. The fourth-order valence-electron chi connectivity index (χ4n) is 6.23. The highest BCUT2D eigenvalue weighted by atomic mass is 16.6. The minimum Gasteiger partial charge on any atom is -0.463 e. The summed E-state index contributed by atoms with van der Waals surface area (Å²) in [6.45, 7) is 0.170. The molecule has 0 radical (unpaired) electrons. The molecule has 0 aliphatic heterocycles. The molecule has 7 nitrogen and oxygen atoms in total. The molecule has 6 rings (SSSR count). The lowest BCUT2D eigenvalue weighted by atomic mass is 9.89. The van der Waals surface area contributed by atoms with Crippen molar-refractivity contribution >= 4 is 11.9 Å². The maximum atomic E-state index is 13.6. The summed E-state index contributed by atoms with van der Waals surface area (Å²) >= 11 is 0. The Bertz CT molecular complexity index is 1420. The van der Waals surface area contributed by atoms with Crippen LogP contribution >= 0.6 is 0 Å². The molecule has 2 aliphatic rings. The van der Waals surface area contributed by atoms with E-state index >= 15 is 0 Å². The third-order valence-electron chi connectivity index (χ3n) is 8.43. The third kappa shape index (κ3) is 4.52. The van der Waals surface area contributed by atoms with Crippen molar-refractivity contribution in [3.63, 3.8) is 0 Å². The fraction of sp³-hybridized carbons (Fsp3) is 0.235. The van der Waals surface area contributed by atoms with Crippen LogP contribution in [0.1, 0.15) is 40.5 Å². The summed E-state index contributed by atoms with van der Waals surface area (Å²) in [6.07, 6.45) is 0.144. The minimum atomic E-state index is -2.21. The molecule has 1 atom stereocenters. The fourth-order valence-corrected chi connectivity index (χ4v) is 6.23. The number of hydrogen-bond acceptors (Lipinski definition) is 7. The van der Waals surface area contributed by atoms with E-state index < -0.39 is 23.5 Å². The van der Waals surface area contributed by atoms with Crippen molar-refractivity contribution in [1.82, 2.24) is 0 Å². The molecule has 0 spiro atoms. The van der Waals surface area contributed by atoms with Crippen molar-refractivity contribution in [2.45, 2.75) is 29.8 Å². The number of hydrogen-bond donors (Lipinski definition) is 3. The van der Waals surface area contributed by atoms with E-state index in [1.54, 1.807) is 0 Å². The van der Waals surface area contributed by atoms with Gasteiger partial charge in [-0.1, -0.05) is 97.1 Å². The van der Waals surface area contributed by atoms with E-state index in [0.717, 1.165) is 44.5 Å². The first-order chi connectivity index (χ1) is 19.9. The zero-order valence-electron chi connectivity index (χ0n) is 22.7.